The Morgan fingerprint density at radius 2 is 2.31 bits per heavy atom. The largest absolute Gasteiger partial charge is 0.369 e. The summed E-state index contributed by atoms with van der Waals surface area (Å²) < 4.78 is 0. The molecule has 13 heavy (non-hydrogen) atoms. The van der Waals surface area contributed by atoms with Gasteiger partial charge in [0.1, 0.15) is 0 Å². The van der Waals surface area contributed by atoms with Gasteiger partial charge in [0, 0.05) is 11.9 Å². The lowest BCUT2D eigenvalue weighted by molar-refractivity contribution is 0.392. The van der Waals surface area contributed by atoms with E-state index in [2.05, 4.69) is 54.7 Å². The van der Waals surface area contributed by atoms with E-state index in [0.717, 1.165) is 0 Å². The molecule has 0 amide bonds. The molecule has 0 radical (unpaired) electrons. The fourth-order valence-corrected chi connectivity index (χ4v) is 2.34. The average molecular weight is 191 g/mol. The molecule has 2 heterocycles. The van der Waals surface area contributed by atoms with E-state index in [9.17, 15) is 0 Å². The van der Waals surface area contributed by atoms with Crippen LogP contribution in [0.2, 0.25) is 0 Å². The van der Waals surface area contributed by atoms with Gasteiger partial charge in [-0.1, -0.05) is 17.7 Å². The van der Waals surface area contributed by atoms with Crippen molar-refractivity contribution in [1.29, 1.82) is 0 Å². The van der Waals surface area contributed by atoms with Gasteiger partial charge in [0.15, 0.2) is 0 Å². The van der Waals surface area contributed by atoms with Crippen molar-refractivity contribution in [2.75, 3.05) is 7.05 Å². The van der Waals surface area contributed by atoms with Crippen LogP contribution in [0.5, 0.6) is 0 Å². The van der Waals surface area contributed by atoms with E-state index >= 15 is 0 Å². The van der Waals surface area contributed by atoms with Crippen LogP contribution in [0.3, 0.4) is 0 Å². The van der Waals surface area contributed by atoms with Gasteiger partial charge in [-0.05, 0) is 30.6 Å². The summed E-state index contributed by atoms with van der Waals surface area (Å²) in [6, 6.07) is 4.73. The molecule has 2 rings (SSSR count). The summed E-state index contributed by atoms with van der Waals surface area (Å²) in [5.74, 6) is 0. The molecule has 0 N–H and O–H groups in total. The number of allylic oxidation sites excluding steroid dienone is 2. The number of likely N-dealkylation sites (N-methyl/N-ethyl adjacent to an activating group) is 1. The fraction of sp³-hybridized carbons (Fsp3) is 0.273. The minimum absolute atomic E-state index is 0.435. The van der Waals surface area contributed by atoms with Crippen molar-refractivity contribution in [1.82, 2.24) is 4.90 Å². The molecule has 0 spiro atoms. The highest BCUT2D eigenvalue weighted by Gasteiger charge is 2.15. The SMILES string of the molecule is CC1=CC(c2cccs2)N(C)C=C1. The van der Waals surface area contributed by atoms with Crippen molar-refractivity contribution in [3.8, 4) is 0 Å². The Bertz CT molecular complexity index is 335. The van der Waals surface area contributed by atoms with Crippen molar-refractivity contribution in [3.05, 3.63) is 46.3 Å². The highest BCUT2D eigenvalue weighted by molar-refractivity contribution is 7.10. The number of hydrogen-bond acceptors (Lipinski definition) is 2. The summed E-state index contributed by atoms with van der Waals surface area (Å²) in [6.45, 7) is 2.14. The molecule has 0 saturated heterocycles. The Balaban J connectivity index is 2.29. The van der Waals surface area contributed by atoms with E-state index in [4.69, 9.17) is 0 Å². The van der Waals surface area contributed by atoms with Gasteiger partial charge in [-0.2, -0.15) is 0 Å². The van der Waals surface area contributed by atoms with E-state index < -0.39 is 0 Å². The molecule has 1 atom stereocenters. The van der Waals surface area contributed by atoms with Gasteiger partial charge in [0.2, 0.25) is 0 Å². The zero-order valence-electron chi connectivity index (χ0n) is 7.90. The highest BCUT2D eigenvalue weighted by atomic mass is 32.1. The first kappa shape index (κ1) is 8.57. The maximum absolute atomic E-state index is 2.30. The number of thiophene rings is 1. The van der Waals surface area contributed by atoms with Gasteiger partial charge >= 0.3 is 0 Å². The van der Waals surface area contributed by atoms with Crippen LogP contribution in [0.4, 0.5) is 0 Å². The molecule has 0 bridgehead atoms. The van der Waals surface area contributed by atoms with Crippen LogP contribution in [-0.4, -0.2) is 11.9 Å². The zero-order chi connectivity index (χ0) is 9.26. The van der Waals surface area contributed by atoms with Crippen molar-refractivity contribution >= 4 is 11.3 Å². The van der Waals surface area contributed by atoms with Crippen LogP contribution in [-0.2, 0) is 0 Å². The van der Waals surface area contributed by atoms with Crippen LogP contribution in [0.25, 0.3) is 0 Å². The van der Waals surface area contributed by atoms with E-state index in [-0.39, 0.29) is 0 Å². The Kier molecular flexibility index (Phi) is 2.23. The molecule has 68 valence electrons. The van der Waals surface area contributed by atoms with Crippen LogP contribution < -0.4 is 0 Å². The van der Waals surface area contributed by atoms with Gasteiger partial charge in [-0.15, -0.1) is 11.3 Å². The van der Waals surface area contributed by atoms with Crippen molar-refractivity contribution in [2.24, 2.45) is 0 Å². The highest BCUT2D eigenvalue weighted by Crippen LogP contribution is 2.29. The average Bonchev–Trinajstić information content (AvgIpc) is 2.61. The first-order chi connectivity index (χ1) is 6.27. The Morgan fingerprint density at radius 1 is 1.46 bits per heavy atom. The molecule has 0 aliphatic carbocycles. The second-order valence-electron chi connectivity index (χ2n) is 3.35. The minimum Gasteiger partial charge on any atom is -0.369 e. The van der Waals surface area contributed by atoms with Crippen molar-refractivity contribution < 1.29 is 0 Å². The Morgan fingerprint density at radius 3 is 3.00 bits per heavy atom. The lowest BCUT2D eigenvalue weighted by Crippen LogP contribution is -2.18. The first-order valence-corrected chi connectivity index (χ1v) is 5.27. The van der Waals surface area contributed by atoms with Crippen LogP contribution in [0.15, 0.2) is 41.4 Å². The summed E-state index contributed by atoms with van der Waals surface area (Å²) in [4.78, 5) is 3.64. The molecule has 1 nitrogen and oxygen atoms in total. The smallest absolute Gasteiger partial charge is 0.0815 e. The molecule has 0 saturated carbocycles. The summed E-state index contributed by atoms with van der Waals surface area (Å²) in [5.41, 5.74) is 1.34. The molecule has 1 aromatic rings. The number of nitrogens with zero attached hydrogens (tertiary/aromatic N) is 1. The molecule has 1 aliphatic heterocycles. The lowest BCUT2D eigenvalue weighted by Gasteiger charge is -2.26. The van der Waals surface area contributed by atoms with Gasteiger partial charge in [0.05, 0.1) is 6.04 Å². The van der Waals surface area contributed by atoms with Gasteiger partial charge in [-0.25, -0.2) is 0 Å². The predicted octanol–water partition coefficient (Wildman–Crippen LogP) is 3.19. The quantitative estimate of drug-likeness (QED) is 0.659. The third-order valence-corrected chi connectivity index (χ3v) is 3.21. The van der Waals surface area contributed by atoms with Crippen LogP contribution >= 0.6 is 11.3 Å². The van der Waals surface area contributed by atoms with Gasteiger partial charge < -0.3 is 4.90 Å². The number of hydrogen-bond donors (Lipinski definition) is 0. The van der Waals surface area contributed by atoms with Crippen LogP contribution in [0.1, 0.15) is 17.8 Å². The maximum atomic E-state index is 2.30. The third-order valence-electron chi connectivity index (χ3n) is 2.27. The van der Waals surface area contributed by atoms with Crippen LogP contribution in [0, 0.1) is 0 Å². The van der Waals surface area contributed by atoms with Gasteiger partial charge in [-0.3, -0.25) is 0 Å². The molecular weight excluding hydrogens is 178 g/mol. The standard InChI is InChI=1S/C11H13NS/c1-9-5-6-12(2)10(8-9)11-4-3-7-13-11/h3-8,10H,1-2H3. The molecule has 0 aromatic carbocycles. The second-order valence-corrected chi connectivity index (χ2v) is 4.33. The summed E-state index contributed by atoms with van der Waals surface area (Å²) in [5, 5.41) is 2.13. The summed E-state index contributed by atoms with van der Waals surface area (Å²) >= 11 is 1.82. The van der Waals surface area contributed by atoms with E-state index in [1.165, 1.54) is 10.5 Å². The molecular formula is C11H13NS. The van der Waals surface area contributed by atoms with E-state index in [0.29, 0.717) is 6.04 Å². The predicted molar refractivity (Wildman–Crippen MR) is 57.7 cm³/mol. The third kappa shape index (κ3) is 1.68. The Labute approximate surface area is 83.0 Å². The molecule has 0 fully saturated rings. The topological polar surface area (TPSA) is 3.24 Å². The first-order valence-electron chi connectivity index (χ1n) is 4.39. The van der Waals surface area contributed by atoms with Gasteiger partial charge in [0.25, 0.3) is 0 Å². The fourth-order valence-electron chi connectivity index (χ4n) is 1.49. The molecule has 1 unspecified atom stereocenters. The summed E-state index contributed by atoms with van der Waals surface area (Å²) in [7, 11) is 2.11. The monoisotopic (exact) mass is 191 g/mol. The van der Waals surface area contributed by atoms with Crippen molar-refractivity contribution in [2.45, 2.75) is 13.0 Å². The second kappa shape index (κ2) is 3.38. The van der Waals surface area contributed by atoms with Crippen molar-refractivity contribution in [3.63, 3.8) is 0 Å². The Hall–Kier alpha value is -1.02. The molecule has 1 aromatic heterocycles. The maximum Gasteiger partial charge on any atom is 0.0815 e. The lowest BCUT2D eigenvalue weighted by atomic mass is 10.1. The van der Waals surface area contributed by atoms with E-state index in [1.54, 1.807) is 0 Å². The number of rotatable bonds is 1. The normalized spacial score (nSPS) is 21.8. The zero-order valence-corrected chi connectivity index (χ0v) is 8.71. The molecule has 1 aliphatic rings. The molecule has 2 heteroatoms. The van der Waals surface area contributed by atoms with E-state index in [1.807, 2.05) is 11.3 Å². The minimum atomic E-state index is 0.435. The summed E-state index contributed by atoms with van der Waals surface area (Å²) in [6.07, 6.45) is 6.58.